The van der Waals surface area contributed by atoms with E-state index in [0.717, 1.165) is 33.7 Å². The van der Waals surface area contributed by atoms with Gasteiger partial charge in [-0.3, -0.25) is 4.98 Å². The Morgan fingerprint density at radius 1 is 1.09 bits per heavy atom. The maximum Gasteiger partial charge on any atom is 0.120 e. The molecule has 0 saturated heterocycles. The van der Waals surface area contributed by atoms with Gasteiger partial charge in [-0.2, -0.15) is 0 Å². The van der Waals surface area contributed by atoms with E-state index in [1.165, 1.54) is 0 Å². The zero-order valence-electron chi connectivity index (χ0n) is 12.3. The van der Waals surface area contributed by atoms with Gasteiger partial charge in [0, 0.05) is 28.5 Å². The van der Waals surface area contributed by atoms with Gasteiger partial charge in [-0.25, -0.2) is 0 Å². The molecule has 0 bridgehead atoms. The molecular formula is C17H17ClN2O2. The molecule has 22 heavy (non-hydrogen) atoms. The fourth-order valence-corrected chi connectivity index (χ4v) is 2.31. The van der Waals surface area contributed by atoms with Crippen LogP contribution in [-0.2, 0) is 0 Å². The van der Waals surface area contributed by atoms with Gasteiger partial charge in [-0.1, -0.05) is 6.07 Å². The van der Waals surface area contributed by atoms with E-state index in [4.69, 9.17) is 4.74 Å². The van der Waals surface area contributed by atoms with E-state index < -0.39 is 0 Å². The Balaban J connectivity index is 0.00000176. The van der Waals surface area contributed by atoms with Crippen LogP contribution in [0.15, 0.2) is 48.5 Å². The number of nitrogens with zero attached hydrogens (tertiary/aromatic N) is 1. The van der Waals surface area contributed by atoms with Crippen LogP contribution in [0.5, 0.6) is 11.5 Å². The molecule has 0 saturated carbocycles. The summed E-state index contributed by atoms with van der Waals surface area (Å²) < 4.78 is 5.23. The first kappa shape index (κ1) is 15.9. The molecule has 0 amide bonds. The second kappa shape index (κ2) is 6.54. The van der Waals surface area contributed by atoms with Crippen LogP contribution < -0.4 is 10.1 Å². The molecule has 0 spiro atoms. The minimum atomic E-state index is 0. The number of hydrogen-bond acceptors (Lipinski definition) is 4. The van der Waals surface area contributed by atoms with Gasteiger partial charge in [0.15, 0.2) is 0 Å². The molecule has 0 aliphatic rings. The fraction of sp³-hybridized carbons (Fsp3) is 0.118. The molecule has 0 aliphatic carbocycles. The van der Waals surface area contributed by atoms with Crippen LogP contribution in [0, 0.1) is 6.92 Å². The maximum atomic E-state index is 9.70. The van der Waals surface area contributed by atoms with Gasteiger partial charge in [-0.05, 0) is 43.3 Å². The zero-order valence-corrected chi connectivity index (χ0v) is 13.1. The fourth-order valence-electron chi connectivity index (χ4n) is 2.31. The summed E-state index contributed by atoms with van der Waals surface area (Å²) in [7, 11) is 1.64. The first-order valence-corrected chi connectivity index (χ1v) is 6.67. The number of ether oxygens (including phenoxy) is 1. The number of nitrogens with one attached hydrogen (secondary N) is 1. The van der Waals surface area contributed by atoms with Crippen LogP contribution in [0.1, 0.15) is 5.69 Å². The zero-order chi connectivity index (χ0) is 14.8. The number of aromatic nitrogens is 1. The van der Waals surface area contributed by atoms with Crippen molar-refractivity contribution in [2.24, 2.45) is 0 Å². The lowest BCUT2D eigenvalue weighted by molar-refractivity contribution is 0.415. The van der Waals surface area contributed by atoms with Crippen molar-refractivity contribution in [3.8, 4) is 11.5 Å². The highest BCUT2D eigenvalue weighted by molar-refractivity contribution is 5.94. The number of pyridine rings is 1. The molecule has 2 aromatic carbocycles. The van der Waals surface area contributed by atoms with Crippen molar-refractivity contribution in [2.45, 2.75) is 6.92 Å². The van der Waals surface area contributed by atoms with E-state index in [-0.39, 0.29) is 18.2 Å². The Hall–Kier alpha value is -2.46. The average molecular weight is 317 g/mol. The lowest BCUT2D eigenvalue weighted by Gasteiger charge is -2.12. The van der Waals surface area contributed by atoms with Crippen LogP contribution in [0.25, 0.3) is 10.9 Å². The minimum absolute atomic E-state index is 0. The third-order valence-electron chi connectivity index (χ3n) is 3.27. The van der Waals surface area contributed by atoms with Crippen molar-refractivity contribution in [1.29, 1.82) is 0 Å². The average Bonchev–Trinajstić information content (AvgIpc) is 2.48. The van der Waals surface area contributed by atoms with Crippen molar-refractivity contribution in [3.63, 3.8) is 0 Å². The first-order valence-electron chi connectivity index (χ1n) is 6.67. The molecule has 5 heteroatoms. The third-order valence-corrected chi connectivity index (χ3v) is 3.27. The predicted octanol–water partition coefficient (Wildman–Crippen LogP) is 4.42. The van der Waals surface area contributed by atoms with Gasteiger partial charge >= 0.3 is 0 Å². The normalized spacial score (nSPS) is 10.1. The number of phenolic OH excluding ortho intramolecular Hbond substituents is 1. The lowest BCUT2D eigenvalue weighted by Crippen LogP contribution is -1.95. The third kappa shape index (κ3) is 3.23. The van der Waals surface area contributed by atoms with Gasteiger partial charge in [0.2, 0.25) is 0 Å². The summed E-state index contributed by atoms with van der Waals surface area (Å²) in [4.78, 5) is 4.48. The SMILES string of the molecule is COc1cccc(Nc2cc(C)nc3ccc(O)cc23)c1.Cl. The Labute approximate surface area is 135 Å². The quantitative estimate of drug-likeness (QED) is 0.751. The largest absolute Gasteiger partial charge is 0.508 e. The molecule has 2 N–H and O–H groups in total. The smallest absolute Gasteiger partial charge is 0.120 e. The lowest BCUT2D eigenvalue weighted by atomic mass is 10.1. The predicted molar refractivity (Wildman–Crippen MR) is 91.7 cm³/mol. The molecule has 0 radical (unpaired) electrons. The van der Waals surface area contributed by atoms with E-state index >= 15 is 0 Å². The van der Waals surface area contributed by atoms with Crippen LogP contribution in [0.2, 0.25) is 0 Å². The molecule has 0 aliphatic heterocycles. The summed E-state index contributed by atoms with van der Waals surface area (Å²) in [6.45, 7) is 1.95. The summed E-state index contributed by atoms with van der Waals surface area (Å²) in [5.74, 6) is 1.01. The number of hydrogen-bond donors (Lipinski definition) is 2. The number of anilines is 2. The number of aryl methyl sites for hydroxylation is 1. The Morgan fingerprint density at radius 2 is 1.91 bits per heavy atom. The van der Waals surface area contributed by atoms with E-state index in [1.54, 1.807) is 19.2 Å². The van der Waals surface area contributed by atoms with Crippen LogP contribution in [0.3, 0.4) is 0 Å². The van der Waals surface area contributed by atoms with Crippen molar-refractivity contribution in [1.82, 2.24) is 4.98 Å². The number of benzene rings is 2. The topological polar surface area (TPSA) is 54.4 Å². The first-order chi connectivity index (χ1) is 10.2. The second-order valence-corrected chi connectivity index (χ2v) is 4.87. The number of fused-ring (bicyclic) bond motifs is 1. The number of phenols is 1. The number of methoxy groups -OCH3 is 1. The number of aromatic hydroxyl groups is 1. The van der Waals surface area contributed by atoms with Gasteiger partial charge < -0.3 is 15.2 Å². The number of rotatable bonds is 3. The van der Waals surface area contributed by atoms with E-state index in [2.05, 4.69) is 10.3 Å². The van der Waals surface area contributed by atoms with E-state index in [0.29, 0.717) is 0 Å². The van der Waals surface area contributed by atoms with Crippen molar-refractivity contribution < 1.29 is 9.84 Å². The van der Waals surface area contributed by atoms with Crippen molar-refractivity contribution in [2.75, 3.05) is 12.4 Å². The summed E-state index contributed by atoms with van der Waals surface area (Å²) >= 11 is 0. The van der Waals surface area contributed by atoms with Gasteiger partial charge in [-0.15, -0.1) is 12.4 Å². The highest BCUT2D eigenvalue weighted by Gasteiger charge is 2.06. The van der Waals surface area contributed by atoms with Crippen molar-refractivity contribution in [3.05, 3.63) is 54.2 Å². The van der Waals surface area contributed by atoms with Crippen molar-refractivity contribution >= 4 is 34.7 Å². The van der Waals surface area contributed by atoms with E-state index in [1.807, 2.05) is 43.3 Å². The summed E-state index contributed by atoms with van der Waals surface area (Å²) in [5, 5.41) is 13.9. The van der Waals surface area contributed by atoms with Gasteiger partial charge in [0.05, 0.1) is 12.6 Å². The Morgan fingerprint density at radius 3 is 2.68 bits per heavy atom. The molecule has 1 heterocycles. The Bertz CT molecular complexity index is 806. The Kier molecular flexibility index (Phi) is 4.73. The van der Waals surface area contributed by atoms with Crippen LogP contribution in [-0.4, -0.2) is 17.2 Å². The maximum absolute atomic E-state index is 9.70. The van der Waals surface area contributed by atoms with Crippen LogP contribution >= 0.6 is 12.4 Å². The molecule has 3 aromatic rings. The van der Waals surface area contributed by atoms with E-state index in [9.17, 15) is 5.11 Å². The standard InChI is InChI=1S/C17H16N2O2.ClH/c1-11-8-17(15-10-13(20)6-7-16(15)18-11)19-12-4-3-5-14(9-12)21-2;/h3-10,20H,1-2H3,(H,18,19);1H. The summed E-state index contributed by atoms with van der Waals surface area (Å²) in [6.07, 6.45) is 0. The molecule has 4 nitrogen and oxygen atoms in total. The molecule has 0 unspecified atom stereocenters. The molecule has 114 valence electrons. The van der Waals surface area contributed by atoms with Crippen LogP contribution in [0.4, 0.5) is 11.4 Å². The monoisotopic (exact) mass is 316 g/mol. The molecule has 1 aromatic heterocycles. The van der Waals surface area contributed by atoms with Gasteiger partial charge in [0.25, 0.3) is 0 Å². The highest BCUT2D eigenvalue weighted by atomic mass is 35.5. The number of halogens is 1. The summed E-state index contributed by atoms with van der Waals surface area (Å²) in [6, 6.07) is 14.8. The summed E-state index contributed by atoms with van der Waals surface area (Å²) in [5.41, 5.74) is 3.59. The highest BCUT2D eigenvalue weighted by Crippen LogP contribution is 2.30. The molecule has 3 rings (SSSR count). The molecule has 0 atom stereocenters. The molecule has 0 fully saturated rings. The molecular weight excluding hydrogens is 300 g/mol. The minimum Gasteiger partial charge on any atom is -0.508 e. The van der Waals surface area contributed by atoms with Gasteiger partial charge in [0.1, 0.15) is 11.5 Å². The second-order valence-electron chi connectivity index (χ2n) is 4.87.